The second-order valence-corrected chi connectivity index (χ2v) is 12.2. The highest BCUT2D eigenvalue weighted by atomic mass is 19.4. The van der Waals surface area contributed by atoms with E-state index in [4.69, 9.17) is 5.73 Å². The highest BCUT2D eigenvalue weighted by molar-refractivity contribution is 6.24. The molecule has 1 aliphatic heterocycles. The Bertz CT molecular complexity index is 1460. The fourth-order valence-electron chi connectivity index (χ4n) is 7.45. The first-order chi connectivity index (χ1) is 19.9. The Balaban J connectivity index is 1.59. The van der Waals surface area contributed by atoms with Crippen molar-refractivity contribution in [2.45, 2.75) is 56.2 Å². The third kappa shape index (κ3) is 4.45. The zero-order chi connectivity index (χ0) is 31.9. The lowest BCUT2D eigenvalue weighted by atomic mass is 9.54. The normalized spacial score (nSPS) is 32.2. The SMILES string of the molecule is C[C@H]1c2ccc(CN3CCC(C(F)(F)F)CC3)c(O)c2C(O)=C2C(=O)[C@]3(O)C(O)=C(C(N)=O)C(=O)[C@@H](N(C)C)[C@@H]3[C@@H](O)[C@@H]21. The molecule has 1 amide bonds. The lowest BCUT2D eigenvalue weighted by Crippen LogP contribution is -2.70. The molecule has 2 fully saturated rings. The molecule has 1 aromatic carbocycles. The second-order valence-electron chi connectivity index (χ2n) is 12.2. The topological polar surface area (TPSA) is 185 Å². The minimum absolute atomic E-state index is 0.0603. The molecule has 0 unspecified atom stereocenters. The zero-order valence-electron chi connectivity index (χ0n) is 23.7. The quantitative estimate of drug-likeness (QED) is 0.272. The number of benzene rings is 1. The first-order valence-corrected chi connectivity index (χ1v) is 13.9. The Labute approximate surface area is 244 Å². The molecule has 1 saturated carbocycles. The number of nitrogens with zero attached hydrogens (tertiary/aromatic N) is 2. The number of likely N-dealkylation sites (tertiary alicyclic amines) is 1. The standard InChI is InChI=1S/C29H34F3N3O8/c1-11-14-5-4-12(10-35-8-6-13(7-9-35)29(30,31)32)21(36)16(14)22(37)17-15(11)23(38)19-20(34(2)3)24(39)18(27(33)42)26(41)28(19,43)25(17)40/h4-5,11,13,15,19-20,23,36-38,41,43H,6-10H2,1-3H3,(H2,33,42)/t11-,15+,19+,20-,23-,28-/m0/s1. The van der Waals surface area contributed by atoms with Gasteiger partial charge in [0.15, 0.2) is 11.4 Å². The second kappa shape index (κ2) is 10.3. The number of aliphatic hydroxyl groups is 4. The van der Waals surface area contributed by atoms with Gasteiger partial charge in [0.05, 0.1) is 29.5 Å². The molecule has 0 radical (unpaired) electrons. The van der Waals surface area contributed by atoms with Gasteiger partial charge in [-0.15, -0.1) is 0 Å². The van der Waals surface area contributed by atoms with Gasteiger partial charge in [0.1, 0.15) is 22.8 Å². The molecule has 11 nitrogen and oxygen atoms in total. The summed E-state index contributed by atoms with van der Waals surface area (Å²) in [6.07, 6.45) is -6.19. The Morgan fingerprint density at radius 1 is 1.14 bits per heavy atom. The Morgan fingerprint density at radius 3 is 2.28 bits per heavy atom. The largest absolute Gasteiger partial charge is 0.508 e. The maximum atomic E-state index is 14.1. The van der Waals surface area contributed by atoms with E-state index in [2.05, 4.69) is 0 Å². The maximum absolute atomic E-state index is 14.1. The number of phenolic OH excluding ortho intramolecular Hbond substituents is 1. The number of hydrogen-bond donors (Lipinski definition) is 6. The van der Waals surface area contributed by atoms with Crippen LogP contribution in [0.25, 0.3) is 5.76 Å². The minimum atomic E-state index is -4.29. The predicted molar refractivity (Wildman–Crippen MR) is 144 cm³/mol. The molecule has 0 spiro atoms. The van der Waals surface area contributed by atoms with Crippen LogP contribution in [-0.4, -0.2) is 104 Å². The number of aliphatic hydroxyl groups excluding tert-OH is 3. The molecule has 1 heterocycles. The number of alkyl halides is 3. The van der Waals surface area contributed by atoms with Crippen molar-refractivity contribution in [3.63, 3.8) is 0 Å². The van der Waals surface area contributed by atoms with E-state index in [1.165, 1.54) is 19.0 Å². The number of rotatable bonds is 4. The molecule has 1 saturated heterocycles. The predicted octanol–water partition coefficient (Wildman–Crippen LogP) is 1.27. The van der Waals surface area contributed by atoms with Gasteiger partial charge in [-0.2, -0.15) is 13.2 Å². The molecule has 6 atom stereocenters. The van der Waals surface area contributed by atoms with Crippen molar-refractivity contribution in [1.82, 2.24) is 9.80 Å². The number of piperidine rings is 1. The third-order valence-electron chi connectivity index (χ3n) is 9.66. The van der Waals surface area contributed by atoms with Gasteiger partial charge in [-0.3, -0.25) is 24.2 Å². The van der Waals surface area contributed by atoms with Crippen molar-refractivity contribution >= 4 is 23.2 Å². The summed E-state index contributed by atoms with van der Waals surface area (Å²) >= 11 is 0. The first kappa shape index (κ1) is 31.0. The summed E-state index contributed by atoms with van der Waals surface area (Å²) in [5.41, 5.74) is 1.27. The number of amides is 1. The molecular weight excluding hydrogens is 575 g/mol. The lowest BCUT2D eigenvalue weighted by molar-refractivity contribution is -0.185. The van der Waals surface area contributed by atoms with Gasteiger partial charge >= 0.3 is 6.18 Å². The van der Waals surface area contributed by atoms with Gasteiger partial charge in [0.25, 0.3) is 5.91 Å². The first-order valence-electron chi connectivity index (χ1n) is 13.9. The van der Waals surface area contributed by atoms with Crippen molar-refractivity contribution in [1.29, 1.82) is 0 Å². The van der Waals surface area contributed by atoms with Crippen LogP contribution in [0.4, 0.5) is 13.2 Å². The third-order valence-corrected chi connectivity index (χ3v) is 9.66. The molecule has 43 heavy (non-hydrogen) atoms. The van der Waals surface area contributed by atoms with E-state index in [0.29, 0.717) is 5.56 Å². The van der Waals surface area contributed by atoms with Gasteiger partial charge in [-0.05, 0) is 51.5 Å². The molecule has 0 bridgehead atoms. The van der Waals surface area contributed by atoms with Gasteiger partial charge in [-0.1, -0.05) is 19.1 Å². The Hall–Kier alpha value is -3.46. The van der Waals surface area contributed by atoms with E-state index in [-0.39, 0.29) is 43.6 Å². The molecule has 0 aromatic heterocycles. The number of primary amides is 1. The summed E-state index contributed by atoms with van der Waals surface area (Å²) in [6, 6.07) is 1.70. The van der Waals surface area contributed by atoms with E-state index < -0.39 is 93.5 Å². The zero-order valence-corrected chi connectivity index (χ0v) is 23.7. The number of phenols is 1. The van der Waals surface area contributed by atoms with Crippen LogP contribution in [-0.2, 0) is 20.9 Å². The molecule has 7 N–H and O–H groups in total. The van der Waals surface area contributed by atoms with Crippen LogP contribution in [0.5, 0.6) is 5.75 Å². The van der Waals surface area contributed by atoms with Gasteiger partial charge < -0.3 is 31.3 Å². The van der Waals surface area contributed by atoms with Crippen molar-refractivity contribution in [2.75, 3.05) is 27.2 Å². The molecule has 4 aliphatic rings. The molecular formula is C29H34F3N3O8. The highest BCUT2D eigenvalue weighted by Gasteiger charge is 2.68. The highest BCUT2D eigenvalue weighted by Crippen LogP contribution is 2.56. The van der Waals surface area contributed by atoms with Crippen molar-refractivity contribution in [3.05, 3.63) is 45.7 Å². The lowest BCUT2D eigenvalue weighted by Gasteiger charge is -2.53. The fraction of sp³-hybridized carbons (Fsp3) is 0.552. The Morgan fingerprint density at radius 2 is 1.74 bits per heavy atom. The molecule has 14 heteroatoms. The number of likely N-dealkylation sites (N-methyl/N-ethyl adjacent to an activating group) is 1. The van der Waals surface area contributed by atoms with Gasteiger partial charge in [0, 0.05) is 23.6 Å². The summed E-state index contributed by atoms with van der Waals surface area (Å²) in [7, 11) is 2.85. The number of aromatic hydroxyl groups is 1. The average molecular weight is 610 g/mol. The monoisotopic (exact) mass is 609 g/mol. The van der Waals surface area contributed by atoms with E-state index >= 15 is 0 Å². The number of halogens is 3. The summed E-state index contributed by atoms with van der Waals surface area (Å²) < 4.78 is 39.3. The van der Waals surface area contributed by atoms with E-state index in [1.807, 2.05) is 0 Å². The van der Waals surface area contributed by atoms with Crippen LogP contribution in [0.2, 0.25) is 0 Å². The summed E-state index contributed by atoms with van der Waals surface area (Å²) in [5.74, 6) is -11.2. The molecule has 1 aromatic rings. The molecule has 5 rings (SSSR count). The van der Waals surface area contributed by atoms with Crippen LogP contribution < -0.4 is 5.73 Å². The number of carbonyl (C=O) groups is 3. The molecule has 234 valence electrons. The average Bonchev–Trinajstić information content (AvgIpc) is 2.91. The smallest absolute Gasteiger partial charge is 0.391 e. The van der Waals surface area contributed by atoms with Crippen LogP contribution >= 0.6 is 0 Å². The van der Waals surface area contributed by atoms with Crippen LogP contribution in [0.1, 0.15) is 42.4 Å². The minimum Gasteiger partial charge on any atom is -0.508 e. The fourth-order valence-corrected chi connectivity index (χ4v) is 7.45. The van der Waals surface area contributed by atoms with E-state index in [1.54, 1.807) is 24.0 Å². The summed E-state index contributed by atoms with van der Waals surface area (Å²) in [4.78, 5) is 42.5. The summed E-state index contributed by atoms with van der Waals surface area (Å²) in [5, 5.41) is 57.1. The molecule has 3 aliphatic carbocycles. The number of nitrogens with two attached hydrogens (primary N) is 1. The van der Waals surface area contributed by atoms with Crippen LogP contribution in [0.15, 0.2) is 29.0 Å². The van der Waals surface area contributed by atoms with Gasteiger partial charge in [-0.25, -0.2) is 0 Å². The number of carbonyl (C=O) groups excluding carboxylic acids is 3. The van der Waals surface area contributed by atoms with E-state index in [9.17, 15) is 53.1 Å². The maximum Gasteiger partial charge on any atom is 0.391 e. The van der Waals surface area contributed by atoms with Crippen LogP contribution in [0.3, 0.4) is 0 Å². The number of fused-ring (bicyclic) bond motifs is 3. The van der Waals surface area contributed by atoms with Gasteiger partial charge in [0.2, 0.25) is 5.78 Å². The number of Topliss-reactive ketones (excluding diaryl/α,β-unsaturated/α-hetero) is 2. The Kier molecular flexibility index (Phi) is 7.44. The van der Waals surface area contributed by atoms with Crippen molar-refractivity contribution < 1.29 is 53.1 Å². The van der Waals surface area contributed by atoms with Crippen molar-refractivity contribution in [3.8, 4) is 5.75 Å². The number of ketones is 2. The van der Waals surface area contributed by atoms with Crippen LogP contribution in [0, 0.1) is 17.8 Å². The van der Waals surface area contributed by atoms with E-state index in [0.717, 1.165) is 0 Å². The summed E-state index contributed by atoms with van der Waals surface area (Å²) in [6.45, 7) is 1.94. The van der Waals surface area contributed by atoms with Crippen molar-refractivity contribution in [2.24, 2.45) is 23.5 Å². The number of hydrogen-bond acceptors (Lipinski definition) is 10.